The van der Waals surface area contributed by atoms with E-state index >= 15 is 0 Å². The molecule has 0 fully saturated rings. The summed E-state index contributed by atoms with van der Waals surface area (Å²) in [6.45, 7) is 0.483. The molecule has 0 unspecified atom stereocenters. The second-order valence-electron chi connectivity index (χ2n) is 3.89. The molecule has 5 nitrogen and oxygen atoms in total. The van der Waals surface area contributed by atoms with Crippen LogP contribution >= 0.6 is 23.1 Å². The van der Waals surface area contributed by atoms with Crippen LogP contribution in [0, 0.1) is 0 Å². The van der Waals surface area contributed by atoms with Crippen molar-refractivity contribution in [2.24, 2.45) is 5.84 Å². The predicted octanol–water partition coefficient (Wildman–Crippen LogP) is 2.84. The molecule has 0 atom stereocenters. The Bertz CT molecular complexity index is 584. The highest BCUT2D eigenvalue weighted by Crippen LogP contribution is 2.27. The number of aromatic nitrogens is 2. The van der Waals surface area contributed by atoms with Gasteiger partial charge in [-0.25, -0.2) is 15.8 Å². The third kappa shape index (κ3) is 3.37. The number of nitrogens with two attached hydrogens (primary N) is 1. The molecule has 0 radical (unpaired) electrons. The maximum atomic E-state index is 5.59. The average molecular weight is 308 g/mol. The Kier molecular flexibility index (Phi) is 5.54. The van der Waals surface area contributed by atoms with E-state index < -0.39 is 0 Å². The molecule has 0 aromatic carbocycles. The summed E-state index contributed by atoms with van der Waals surface area (Å²) < 4.78 is 5.21. The van der Waals surface area contributed by atoms with Crippen molar-refractivity contribution in [2.75, 3.05) is 25.4 Å². The van der Waals surface area contributed by atoms with Gasteiger partial charge in [-0.2, -0.15) is 0 Å². The van der Waals surface area contributed by atoms with Gasteiger partial charge in [-0.15, -0.1) is 23.1 Å². The van der Waals surface area contributed by atoms with Crippen LogP contribution in [0.15, 0.2) is 29.1 Å². The standard InChI is InChI=1S/C13H16N4OS2/c1-18-7-9(8-19-2)10-6-15-13(16-12(10)17-14)11-4-3-5-20-11/h3-6,8H,7,14H2,1-2H3,(H,15,16,17)/b9-8-. The quantitative estimate of drug-likeness (QED) is 0.631. The lowest BCUT2D eigenvalue weighted by atomic mass is 10.1. The van der Waals surface area contributed by atoms with E-state index in [4.69, 9.17) is 10.6 Å². The number of anilines is 1. The molecule has 2 aromatic heterocycles. The lowest BCUT2D eigenvalue weighted by molar-refractivity contribution is 0.240. The van der Waals surface area contributed by atoms with Crippen LogP contribution in [0.2, 0.25) is 0 Å². The molecule has 2 aromatic rings. The monoisotopic (exact) mass is 308 g/mol. The minimum absolute atomic E-state index is 0.483. The number of hydrogen-bond donors (Lipinski definition) is 2. The van der Waals surface area contributed by atoms with Crippen LogP contribution in [0.4, 0.5) is 5.82 Å². The molecular formula is C13H16N4OS2. The Hall–Kier alpha value is -1.41. The number of rotatable bonds is 6. The van der Waals surface area contributed by atoms with Crippen LogP contribution in [0.25, 0.3) is 16.3 Å². The molecule has 20 heavy (non-hydrogen) atoms. The Morgan fingerprint density at radius 2 is 2.45 bits per heavy atom. The number of thioether (sulfide) groups is 1. The SMILES string of the molecule is COC/C(=C/SC)c1cnc(-c2cccs2)nc1NN. The number of hydrogen-bond acceptors (Lipinski definition) is 7. The molecule has 7 heteroatoms. The molecule has 106 valence electrons. The third-order valence-corrected chi connectivity index (χ3v) is 3.96. The van der Waals surface area contributed by atoms with Crippen LogP contribution in [0.1, 0.15) is 5.56 Å². The fourth-order valence-electron chi connectivity index (χ4n) is 1.72. The van der Waals surface area contributed by atoms with Gasteiger partial charge in [0.05, 0.1) is 11.5 Å². The Morgan fingerprint density at radius 3 is 3.05 bits per heavy atom. The van der Waals surface area contributed by atoms with Gasteiger partial charge in [-0.3, -0.25) is 0 Å². The zero-order chi connectivity index (χ0) is 14.4. The van der Waals surface area contributed by atoms with Crippen LogP contribution in [0.3, 0.4) is 0 Å². The zero-order valence-electron chi connectivity index (χ0n) is 11.3. The van der Waals surface area contributed by atoms with Crippen LogP contribution in [-0.4, -0.2) is 29.9 Å². The van der Waals surface area contributed by atoms with Gasteiger partial charge in [0.1, 0.15) is 0 Å². The first-order valence-electron chi connectivity index (χ1n) is 5.88. The van der Waals surface area contributed by atoms with E-state index in [1.807, 2.05) is 29.2 Å². The van der Waals surface area contributed by atoms with Gasteiger partial charge in [0, 0.05) is 18.9 Å². The average Bonchev–Trinajstić information content (AvgIpc) is 3.00. The van der Waals surface area contributed by atoms with Crippen molar-refractivity contribution in [2.45, 2.75) is 0 Å². The summed E-state index contributed by atoms with van der Waals surface area (Å²) in [6, 6.07) is 3.95. The topological polar surface area (TPSA) is 73.1 Å². The smallest absolute Gasteiger partial charge is 0.171 e. The molecular weight excluding hydrogens is 292 g/mol. The molecule has 0 aliphatic rings. The van der Waals surface area contributed by atoms with Crippen molar-refractivity contribution in [1.29, 1.82) is 0 Å². The van der Waals surface area contributed by atoms with E-state index in [9.17, 15) is 0 Å². The lowest BCUT2D eigenvalue weighted by Gasteiger charge is -2.11. The number of thiophene rings is 1. The molecule has 0 aliphatic heterocycles. The van der Waals surface area contributed by atoms with Gasteiger partial charge >= 0.3 is 0 Å². The van der Waals surface area contributed by atoms with E-state index in [1.54, 1.807) is 36.4 Å². The van der Waals surface area contributed by atoms with Gasteiger partial charge in [-0.1, -0.05) is 6.07 Å². The summed E-state index contributed by atoms with van der Waals surface area (Å²) in [6.07, 6.45) is 3.77. The Morgan fingerprint density at radius 1 is 1.60 bits per heavy atom. The fraction of sp³-hybridized carbons (Fsp3) is 0.231. The molecule has 0 bridgehead atoms. The molecule has 3 N–H and O–H groups in total. The van der Waals surface area contributed by atoms with Crippen molar-refractivity contribution in [3.63, 3.8) is 0 Å². The van der Waals surface area contributed by atoms with Crippen molar-refractivity contribution >= 4 is 34.5 Å². The van der Waals surface area contributed by atoms with Crippen LogP contribution in [0.5, 0.6) is 0 Å². The van der Waals surface area contributed by atoms with E-state index in [0.29, 0.717) is 18.2 Å². The number of nitrogens with zero attached hydrogens (tertiary/aromatic N) is 2. The summed E-state index contributed by atoms with van der Waals surface area (Å²) in [5, 5.41) is 4.00. The highest BCUT2D eigenvalue weighted by atomic mass is 32.2. The van der Waals surface area contributed by atoms with E-state index in [0.717, 1.165) is 16.0 Å². The molecule has 0 spiro atoms. The summed E-state index contributed by atoms with van der Waals surface area (Å²) in [5.74, 6) is 6.85. The maximum Gasteiger partial charge on any atom is 0.171 e. The van der Waals surface area contributed by atoms with E-state index in [2.05, 4.69) is 15.4 Å². The highest BCUT2D eigenvalue weighted by molar-refractivity contribution is 8.01. The van der Waals surface area contributed by atoms with Crippen LogP contribution < -0.4 is 11.3 Å². The largest absolute Gasteiger partial charge is 0.380 e. The zero-order valence-corrected chi connectivity index (χ0v) is 12.9. The van der Waals surface area contributed by atoms with Gasteiger partial charge in [0.25, 0.3) is 0 Å². The first kappa shape index (κ1) is 15.0. The van der Waals surface area contributed by atoms with Crippen molar-refractivity contribution in [3.8, 4) is 10.7 Å². The normalized spacial score (nSPS) is 11.7. The number of methoxy groups -OCH3 is 1. The third-order valence-electron chi connectivity index (χ3n) is 2.57. The Labute approximate surface area is 126 Å². The van der Waals surface area contributed by atoms with Gasteiger partial charge in [0.15, 0.2) is 11.6 Å². The van der Waals surface area contributed by atoms with Gasteiger partial charge < -0.3 is 10.2 Å². The predicted molar refractivity (Wildman–Crippen MR) is 86.5 cm³/mol. The minimum Gasteiger partial charge on any atom is -0.380 e. The van der Waals surface area contributed by atoms with Crippen molar-refractivity contribution < 1.29 is 4.74 Å². The lowest BCUT2D eigenvalue weighted by Crippen LogP contribution is -2.13. The van der Waals surface area contributed by atoms with Crippen LogP contribution in [-0.2, 0) is 4.74 Å². The Balaban J connectivity index is 2.42. The highest BCUT2D eigenvalue weighted by Gasteiger charge is 2.12. The second kappa shape index (κ2) is 7.39. The van der Waals surface area contributed by atoms with E-state index in [1.165, 1.54) is 0 Å². The summed E-state index contributed by atoms with van der Waals surface area (Å²) >= 11 is 3.19. The number of nitrogens with one attached hydrogen (secondary N) is 1. The number of hydrazine groups is 1. The maximum absolute atomic E-state index is 5.59. The summed E-state index contributed by atoms with van der Waals surface area (Å²) in [7, 11) is 1.66. The van der Waals surface area contributed by atoms with Gasteiger partial charge in [-0.05, 0) is 28.7 Å². The minimum atomic E-state index is 0.483. The summed E-state index contributed by atoms with van der Waals surface area (Å²) in [4.78, 5) is 9.90. The number of ether oxygens (including phenoxy) is 1. The van der Waals surface area contributed by atoms with Crippen molar-refractivity contribution in [1.82, 2.24) is 9.97 Å². The second-order valence-corrected chi connectivity index (χ2v) is 5.54. The summed E-state index contributed by atoms with van der Waals surface area (Å²) in [5.41, 5.74) is 4.49. The van der Waals surface area contributed by atoms with E-state index in [-0.39, 0.29) is 0 Å². The molecule has 0 amide bonds. The first-order chi connectivity index (χ1) is 9.80. The fourth-order valence-corrected chi connectivity index (χ4v) is 2.87. The molecule has 2 rings (SSSR count). The number of nitrogen functional groups attached to an aromatic ring is 1. The van der Waals surface area contributed by atoms with Gasteiger partial charge in [0.2, 0.25) is 0 Å². The molecule has 0 aliphatic carbocycles. The molecule has 2 heterocycles. The first-order valence-corrected chi connectivity index (χ1v) is 8.05. The molecule has 0 saturated carbocycles. The molecule has 0 saturated heterocycles. The van der Waals surface area contributed by atoms with Crippen molar-refractivity contribution in [3.05, 3.63) is 34.7 Å².